The van der Waals surface area contributed by atoms with Crippen molar-refractivity contribution < 1.29 is 14.5 Å². The number of hydrogen-bond donors (Lipinski definition) is 1. The third-order valence-corrected chi connectivity index (χ3v) is 5.91. The number of nitro benzene ring substituents is 1. The van der Waals surface area contributed by atoms with Crippen molar-refractivity contribution in [1.82, 2.24) is 25.2 Å². The molecular weight excluding hydrogens is 400 g/mol. The number of nitrogens with one attached hydrogen (secondary N) is 1. The van der Waals surface area contributed by atoms with Crippen molar-refractivity contribution >= 4 is 17.5 Å². The van der Waals surface area contributed by atoms with Crippen LogP contribution in [0.15, 0.2) is 24.3 Å². The number of non-ortho nitro benzene ring substituents is 1. The molecule has 1 fully saturated rings. The Labute approximate surface area is 180 Å². The second-order valence-electron chi connectivity index (χ2n) is 8.32. The summed E-state index contributed by atoms with van der Waals surface area (Å²) >= 11 is 0. The van der Waals surface area contributed by atoms with Crippen molar-refractivity contribution in [1.29, 1.82) is 0 Å². The van der Waals surface area contributed by atoms with Gasteiger partial charge in [0.1, 0.15) is 0 Å². The minimum atomic E-state index is -0.482. The van der Waals surface area contributed by atoms with E-state index in [-0.39, 0.29) is 35.2 Å². The van der Waals surface area contributed by atoms with Gasteiger partial charge in [-0.1, -0.05) is 25.1 Å². The number of carbonyl (C=O) groups is 2. The lowest BCUT2D eigenvalue weighted by Gasteiger charge is -2.32. The zero-order valence-electron chi connectivity index (χ0n) is 18.2. The lowest BCUT2D eigenvalue weighted by molar-refractivity contribution is -0.384. The van der Waals surface area contributed by atoms with E-state index in [2.05, 4.69) is 29.5 Å². The van der Waals surface area contributed by atoms with E-state index in [1.54, 1.807) is 24.0 Å². The van der Waals surface area contributed by atoms with Gasteiger partial charge in [-0.3, -0.25) is 19.7 Å². The third kappa shape index (κ3) is 4.89. The molecule has 2 heterocycles. The summed E-state index contributed by atoms with van der Waals surface area (Å²) in [5.41, 5.74) is 1.12. The van der Waals surface area contributed by atoms with Crippen LogP contribution in [-0.2, 0) is 4.79 Å². The van der Waals surface area contributed by atoms with E-state index in [0.717, 1.165) is 0 Å². The van der Waals surface area contributed by atoms with Gasteiger partial charge in [-0.25, -0.2) is 4.68 Å². The number of rotatable bonds is 6. The van der Waals surface area contributed by atoms with Gasteiger partial charge in [0.05, 0.1) is 16.3 Å². The van der Waals surface area contributed by atoms with E-state index in [0.29, 0.717) is 43.2 Å². The monoisotopic (exact) mass is 428 g/mol. The average Bonchev–Trinajstić information content (AvgIpc) is 3.14. The summed E-state index contributed by atoms with van der Waals surface area (Å²) in [5, 5.41) is 22.1. The molecule has 1 atom stereocenters. The molecule has 10 heteroatoms. The number of nitro groups is 1. The van der Waals surface area contributed by atoms with Crippen molar-refractivity contribution in [3.63, 3.8) is 0 Å². The van der Waals surface area contributed by atoms with Crippen molar-refractivity contribution in [2.45, 2.75) is 46.6 Å². The topological polar surface area (TPSA) is 123 Å². The van der Waals surface area contributed by atoms with Gasteiger partial charge < -0.3 is 10.2 Å². The molecular formula is C21H28N6O4. The minimum Gasteiger partial charge on any atom is -0.353 e. The van der Waals surface area contributed by atoms with Gasteiger partial charge in [-0.05, 0) is 38.7 Å². The standard InChI is InChI=1S/C21H28N6O4/c1-13(2)14(3)22-20(28)16-8-10-25(11-9-16)21(29)19-15(4)26(24-23-19)17-6-5-7-18(12-17)27(30)31/h5-7,12-14,16H,8-11H2,1-4H3,(H,22,28). The van der Waals surface area contributed by atoms with Crippen molar-refractivity contribution in [2.24, 2.45) is 11.8 Å². The first-order chi connectivity index (χ1) is 14.7. The molecule has 1 aromatic heterocycles. The Bertz CT molecular complexity index is 978. The molecule has 0 saturated carbocycles. The summed E-state index contributed by atoms with van der Waals surface area (Å²) in [4.78, 5) is 37.7. The third-order valence-electron chi connectivity index (χ3n) is 5.91. The van der Waals surface area contributed by atoms with E-state index in [4.69, 9.17) is 0 Å². The van der Waals surface area contributed by atoms with Crippen LogP contribution in [0.3, 0.4) is 0 Å². The molecule has 1 aliphatic heterocycles. The Hall–Kier alpha value is -3.30. The first-order valence-corrected chi connectivity index (χ1v) is 10.5. The smallest absolute Gasteiger partial charge is 0.276 e. The SMILES string of the molecule is Cc1c(C(=O)N2CCC(C(=O)NC(C)C(C)C)CC2)nnn1-c1cccc([N+](=O)[O-])c1. The van der Waals surface area contributed by atoms with E-state index in [9.17, 15) is 19.7 Å². The molecule has 0 aliphatic carbocycles. The van der Waals surface area contributed by atoms with Crippen LogP contribution < -0.4 is 5.32 Å². The van der Waals surface area contributed by atoms with Crippen LogP contribution in [0.25, 0.3) is 5.69 Å². The number of benzene rings is 1. The fraction of sp³-hybridized carbons (Fsp3) is 0.524. The van der Waals surface area contributed by atoms with Crippen LogP contribution in [0, 0.1) is 28.9 Å². The Kier molecular flexibility index (Phi) is 6.67. The molecule has 2 amide bonds. The Morgan fingerprint density at radius 1 is 1.23 bits per heavy atom. The van der Waals surface area contributed by atoms with Gasteiger partial charge in [-0.2, -0.15) is 0 Å². The van der Waals surface area contributed by atoms with Crippen LogP contribution in [0.1, 0.15) is 49.8 Å². The van der Waals surface area contributed by atoms with E-state index < -0.39 is 4.92 Å². The van der Waals surface area contributed by atoms with Gasteiger partial charge in [0.25, 0.3) is 11.6 Å². The van der Waals surface area contributed by atoms with Crippen molar-refractivity contribution in [2.75, 3.05) is 13.1 Å². The van der Waals surface area contributed by atoms with Crippen molar-refractivity contribution in [3.8, 4) is 5.69 Å². The summed E-state index contributed by atoms with van der Waals surface area (Å²) in [6, 6.07) is 6.12. The van der Waals surface area contributed by atoms with E-state index in [1.807, 2.05) is 6.92 Å². The highest BCUT2D eigenvalue weighted by Gasteiger charge is 2.31. The number of carbonyl (C=O) groups excluding carboxylic acids is 2. The highest BCUT2D eigenvalue weighted by molar-refractivity contribution is 5.93. The number of piperidine rings is 1. The van der Waals surface area contributed by atoms with Crippen LogP contribution in [-0.4, -0.2) is 55.8 Å². The molecule has 31 heavy (non-hydrogen) atoms. The van der Waals surface area contributed by atoms with E-state index >= 15 is 0 Å². The minimum absolute atomic E-state index is 0.0427. The quantitative estimate of drug-likeness (QED) is 0.557. The number of aromatic nitrogens is 3. The normalized spacial score (nSPS) is 15.7. The number of nitrogens with zero attached hydrogens (tertiary/aromatic N) is 5. The van der Waals surface area contributed by atoms with Gasteiger partial charge in [-0.15, -0.1) is 5.10 Å². The molecule has 1 aliphatic rings. The van der Waals surface area contributed by atoms with Crippen LogP contribution >= 0.6 is 0 Å². The predicted octanol–water partition coefficient (Wildman–Crippen LogP) is 2.50. The maximum Gasteiger partial charge on any atom is 0.276 e. The number of hydrogen-bond acceptors (Lipinski definition) is 6. The summed E-state index contributed by atoms with van der Waals surface area (Å²) in [7, 11) is 0. The molecule has 1 aromatic carbocycles. The van der Waals surface area contributed by atoms with E-state index in [1.165, 1.54) is 16.8 Å². The lowest BCUT2D eigenvalue weighted by atomic mass is 9.94. The molecule has 1 unspecified atom stereocenters. The summed E-state index contributed by atoms with van der Waals surface area (Å²) in [6.07, 6.45) is 1.20. The van der Waals surface area contributed by atoms with Gasteiger partial charge >= 0.3 is 0 Å². The lowest BCUT2D eigenvalue weighted by Crippen LogP contribution is -2.46. The number of likely N-dealkylation sites (tertiary alicyclic amines) is 1. The first kappa shape index (κ1) is 22.4. The maximum atomic E-state index is 13.0. The molecule has 1 N–H and O–H groups in total. The van der Waals surface area contributed by atoms with Crippen LogP contribution in [0.4, 0.5) is 5.69 Å². The molecule has 0 spiro atoms. The largest absolute Gasteiger partial charge is 0.353 e. The molecule has 10 nitrogen and oxygen atoms in total. The average molecular weight is 428 g/mol. The second-order valence-corrected chi connectivity index (χ2v) is 8.32. The van der Waals surface area contributed by atoms with Gasteiger partial charge in [0.15, 0.2) is 5.69 Å². The zero-order chi connectivity index (χ0) is 22.7. The fourth-order valence-electron chi connectivity index (χ4n) is 3.51. The summed E-state index contributed by atoms with van der Waals surface area (Å²) < 4.78 is 1.42. The second kappa shape index (κ2) is 9.23. The molecule has 0 bridgehead atoms. The zero-order valence-corrected chi connectivity index (χ0v) is 18.2. The summed E-state index contributed by atoms with van der Waals surface area (Å²) in [5.74, 6) is 0.0545. The Morgan fingerprint density at radius 2 is 1.90 bits per heavy atom. The molecule has 3 rings (SSSR count). The van der Waals surface area contributed by atoms with Crippen molar-refractivity contribution in [3.05, 3.63) is 45.8 Å². The number of amides is 2. The van der Waals surface area contributed by atoms with Crippen LogP contribution in [0.5, 0.6) is 0 Å². The van der Waals surface area contributed by atoms with Gasteiger partial charge in [0, 0.05) is 37.2 Å². The Morgan fingerprint density at radius 3 is 2.52 bits per heavy atom. The fourth-order valence-corrected chi connectivity index (χ4v) is 3.51. The Balaban J connectivity index is 1.67. The first-order valence-electron chi connectivity index (χ1n) is 10.5. The maximum absolute atomic E-state index is 13.0. The predicted molar refractivity (Wildman–Crippen MR) is 114 cm³/mol. The molecule has 166 valence electrons. The van der Waals surface area contributed by atoms with Gasteiger partial charge in [0.2, 0.25) is 5.91 Å². The molecule has 1 saturated heterocycles. The van der Waals surface area contributed by atoms with Crippen LogP contribution in [0.2, 0.25) is 0 Å². The molecule has 2 aromatic rings. The highest BCUT2D eigenvalue weighted by atomic mass is 16.6. The highest BCUT2D eigenvalue weighted by Crippen LogP contribution is 2.22. The summed E-state index contributed by atoms with van der Waals surface area (Å²) in [6.45, 7) is 8.77. The molecule has 0 radical (unpaired) electrons.